The molecular formula is C17H20N2O5S. The van der Waals surface area contributed by atoms with Crippen molar-refractivity contribution >= 4 is 27.3 Å². The summed E-state index contributed by atoms with van der Waals surface area (Å²) >= 11 is 0. The molecule has 0 radical (unpaired) electrons. The highest BCUT2D eigenvalue weighted by atomic mass is 32.2. The van der Waals surface area contributed by atoms with E-state index in [9.17, 15) is 18.0 Å². The minimum atomic E-state index is -3.39. The number of carbonyl (C=O) groups is 2. The fraction of sp³-hybridized carbons (Fsp3) is 0.412. The van der Waals surface area contributed by atoms with Crippen molar-refractivity contribution in [3.05, 3.63) is 36.0 Å². The molecule has 0 atom stereocenters. The third kappa shape index (κ3) is 3.45. The van der Waals surface area contributed by atoms with E-state index in [0.717, 1.165) is 23.8 Å². The highest BCUT2D eigenvalue weighted by Gasteiger charge is 2.32. The van der Waals surface area contributed by atoms with Gasteiger partial charge in [0.05, 0.1) is 23.3 Å². The van der Waals surface area contributed by atoms with E-state index in [2.05, 4.69) is 5.32 Å². The number of imide groups is 1. The van der Waals surface area contributed by atoms with E-state index in [1.807, 2.05) is 0 Å². The Bertz CT molecular complexity index is 825. The number of aliphatic hydroxyl groups excluding tert-OH is 1. The smallest absolute Gasteiger partial charge is 0.277 e. The first-order valence-corrected chi connectivity index (χ1v) is 9.77. The Labute approximate surface area is 146 Å². The molecule has 3 rings (SSSR count). The van der Waals surface area contributed by atoms with Gasteiger partial charge in [-0.05, 0) is 31.0 Å². The van der Waals surface area contributed by atoms with Gasteiger partial charge in [-0.25, -0.2) is 8.42 Å². The number of nitrogens with zero attached hydrogens (tertiary/aromatic N) is 1. The molecule has 0 aromatic heterocycles. The van der Waals surface area contributed by atoms with Crippen LogP contribution in [0.4, 0.5) is 5.69 Å². The number of rotatable bonds is 6. The second-order valence-corrected chi connectivity index (χ2v) is 8.41. The van der Waals surface area contributed by atoms with Gasteiger partial charge in [0, 0.05) is 11.8 Å². The van der Waals surface area contributed by atoms with Gasteiger partial charge in [0.25, 0.3) is 11.8 Å². The van der Waals surface area contributed by atoms with Gasteiger partial charge in [-0.1, -0.05) is 18.9 Å². The first kappa shape index (κ1) is 17.6. The maximum Gasteiger partial charge on any atom is 0.277 e. The number of carbonyl (C=O) groups excluding carboxylic acids is 2. The predicted molar refractivity (Wildman–Crippen MR) is 91.4 cm³/mol. The van der Waals surface area contributed by atoms with Crippen LogP contribution in [0.3, 0.4) is 0 Å². The van der Waals surface area contributed by atoms with E-state index in [1.54, 1.807) is 18.2 Å². The molecule has 1 aliphatic carbocycles. The van der Waals surface area contributed by atoms with Crippen molar-refractivity contribution in [2.45, 2.75) is 35.8 Å². The maximum atomic E-state index is 12.7. The lowest BCUT2D eigenvalue weighted by Gasteiger charge is -2.15. The monoisotopic (exact) mass is 364 g/mol. The van der Waals surface area contributed by atoms with Crippen LogP contribution in [0.1, 0.15) is 25.7 Å². The molecule has 0 bridgehead atoms. The predicted octanol–water partition coefficient (Wildman–Crippen LogP) is 1.06. The van der Waals surface area contributed by atoms with Crippen molar-refractivity contribution in [1.29, 1.82) is 0 Å². The van der Waals surface area contributed by atoms with Crippen LogP contribution in [0.2, 0.25) is 0 Å². The van der Waals surface area contributed by atoms with Crippen molar-refractivity contribution in [1.82, 2.24) is 4.90 Å². The van der Waals surface area contributed by atoms with E-state index in [-0.39, 0.29) is 29.0 Å². The summed E-state index contributed by atoms with van der Waals surface area (Å²) in [6, 6.07) is 6.28. The standard InChI is InChI=1S/C17H20N2O5S/c20-9-8-19-16(21)11-15(17(19)22)18-12-4-3-7-14(10-12)25(23,24)13-5-1-2-6-13/h3-4,7,10-11,13,18,20H,1-2,5-6,8-9H2. The van der Waals surface area contributed by atoms with Gasteiger partial charge < -0.3 is 10.4 Å². The van der Waals surface area contributed by atoms with Gasteiger partial charge in [0.15, 0.2) is 9.84 Å². The molecule has 2 amide bonds. The highest BCUT2D eigenvalue weighted by Crippen LogP contribution is 2.30. The zero-order chi connectivity index (χ0) is 18.0. The van der Waals surface area contributed by atoms with Gasteiger partial charge >= 0.3 is 0 Å². The lowest BCUT2D eigenvalue weighted by atomic mass is 10.3. The molecule has 25 heavy (non-hydrogen) atoms. The maximum absolute atomic E-state index is 12.7. The second kappa shape index (κ2) is 6.97. The first-order chi connectivity index (χ1) is 11.9. The van der Waals surface area contributed by atoms with E-state index in [1.165, 1.54) is 6.07 Å². The number of benzene rings is 1. The molecule has 1 aromatic carbocycles. The highest BCUT2D eigenvalue weighted by molar-refractivity contribution is 7.92. The molecule has 0 unspecified atom stereocenters. The van der Waals surface area contributed by atoms with Crippen molar-refractivity contribution in [2.75, 3.05) is 18.5 Å². The summed E-state index contributed by atoms with van der Waals surface area (Å²) in [6.45, 7) is -0.386. The number of aliphatic hydroxyl groups is 1. The summed E-state index contributed by atoms with van der Waals surface area (Å²) in [4.78, 5) is 25.1. The summed E-state index contributed by atoms with van der Waals surface area (Å²) < 4.78 is 25.4. The number of nitrogens with one attached hydrogen (secondary N) is 1. The van der Waals surface area contributed by atoms with E-state index in [0.29, 0.717) is 18.5 Å². The molecule has 1 fully saturated rings. The summed E-state index contributed by atoms with van der Waals surface area (Å²) in [5.74, 6) is -1.04. The van der Waals surface area contributed by atoms with Crippen LogP contribution in [0.25, 0.3) is 0 Å². The number of β-amino-alcohol motifs (C(OH)–C–C–N with tert-alkyl or cyclic N) is 1. The topological polar surface area (TPSA) is 104 Å². The Hall–Kier alpha value is -2.19. The minimum Gasteiger partial charge on any atom is -0.395 e. The Morgan fingerprint density at radius 1 is 1.20 bits per heavy atom. The van der Waals surface area contributed by atoms with Crippen LogP contribution in [0.15, 0.2) is 40.9 Å². The SMILES string of the molecule is O=C1C=C(Nc2cccc(S(=O)(=O)C3CCCC3)c2)C(=O)N1CCO. The Kier molecular flexibility index (Phi) is 4.91. The van der Waals surface area contributed by atoms with Gasteiger partial charge in [-0.2, -0.15) is 0 Å². The van der Waals surface area contributed by atoms with E-state index < -0.39 is 21.7 Å². The zero-order valence-electron chi connectivity index (χ0n) is 13.6. The number of amides is 2. The van der Waals surface area contributed by atoms with Crippen molar-refractivity contribution in [3.63, 3.8) is 0 Å². The lowest BCUT2D eigenvalue weighted by molar-refractivity contribution is -0.137. The first-order valence-electron chi connectivity index (χ1n) is 8.23. The van der Waals surface area contributed by atoms with Crippen LogP contribution in [-0.4, -0.2) is 48.6 Å². The molecular weight excluding hydrogens is 344 g/mol. The fourth-order valence-corrected chi connectivity index (χ4v) is 5.11. The normalized spacial score (nSPS) is 18.8. The Morgan fingerprint density at radius 3 is 2.60 bits per heavy atom. The zero-order valence-corrected chi connectivity index (χ0v) is 14.5. The van der Waals surface area contributed by atoms with Gasteiger partial charge in [-0.15, -0.1) is 0 Å². The molecule has 1 heterocycles. The molecule has 2 aliphatic rings. The van der Waals surface area contributed by atoms with Crippen molar-refractivity contribution in [2.24, 2.45) is 0 Å². The van der Waals surface area contributed by atoms with Gasteiger partial charge in [0.2, 0.25) is 0 Å². The van der Waals surface area contributed by atoms with E-state index in [4.69, 9.17) is 5.11 Å². The summed E-state index contributed by atoms with van der Waals surface area (Å²) in [7, 11) is -3.39. The Balaban J connectivity index is 1.80. The number of hydrogen-bond donors (Lipinski definition) is 2. The second-order valence-electron chi connectivity index (χ2n) is 6.18. The van der Waals surface area contributed by atoms with Gasteiger partial charge in [-0.3, -0.25) is 14.5 Å². The van der Waals surface area contributed by atoms with Crippen LogP contribution in [0, 0.1) is 0 Å². The fourth-order valence-electron chi connectivity index (χ4n) is 3.21. The quantitative estimate of drug-likeness (QED) is 0.732. The van der Waals surface area contributed by atoms with Crippen LogP contribution < -0.4 is 5.32 Å². The number of sulfone groups is 1. The van der Waals surface area contributed by atoms with Crippen molar-refractivity contribution in [3.8, 4) is 0 Å². The van der Waals surface area contributed by atoms with Crippen LogP contribution >= 0.6 is 0 Å². The molecule has 8 heteroatoms. The number of anilines is 1. The van der Waals surface area contributed by atoms with E-state index >= 15 is 0 Å². The average Bonchev–Trinajstić information content (AvgIpc) is 3.21. The third-order valence-electron chi connectivity index (χ3n) is 4.52. The van der Waals surface area contributed by atoms with Crippen LogP contribution in [-0.2, 0) is 19.4 Å². The summed E-state index contributed by atoms with van der Waals surface area (Å²) in [6.07, 6.45) is 4.34. The minimum absolute atomic E-state index is 0.0638. The van der Waals surface area contributed by atoms with Crippen molar-refractivity contribution < 1.29 is 23.1 Å². The summed E-state index contributed by atoms with van der Waals surface area (Å²) in [5.41, 5.74) is 0.492. The third-order valence-corrected chi connectivity index (χ3v) is 6.78. The average molecular weight is 364 g/mol. The molecule has 1 aromatic rings. The molecule has 7 nitrogen and oxygen atoms in total. The number of hydrogen-bond acceptors (Lipinski definition) is 6. The molecule has 2 N–H and O–H groups in total. The lowest BCUT2D eigenvalue weighted by Crippen LogP contribution is -2.34. The molecule has 0 spiro atoms. The molecule has 1 saturated carbocycles. The molecule has 134 valence electrons. The largest absolute Gasteiger partial charge is 0.395 e. The Morgan fingerprint density at radius 2 is 1.92 bits per heavy atom. The van der Waals surface area contributed by atoms with Crippen LogP contribution in [0.5, 0.6) is 0 Å². The van der Waals surface area contributed by atoms with Gasteiger partial charge in [0.1, 0.15) is 5.70 Å². The summed E-state index contributed by atoms with van der Waals surface area (Å²) in [5, 5.41) is 11.4. The molecule has 0 saturated heterocycles. The molecule has 1 aliphatic heterocycles.